The normalized spacial score (nSPS) is 13.1. The van der Waals surface area contributed by atoms with Gasteiger partial charge in [-0.05, 0) is 24.7 Å². The van der Waals surface area contributed by atoms with Crippen LogP contribution in [-0.2, 0) is 11.3 Å². The molecular weight excluding hydrogens is 280 g/mol. The zero-order valence-electron chi connectivity index (χ0n) is 9.92. The van der Waals surface area contributed by atoms with Crippen LogP contribution < -0.4 is 0 Å². The second kappa shape index (κ2) is 7.45. The van der Waals surface area contributed by atoms with Crippen molar-refractivity contribution in [3.8, 4) is 0 Å². The Morgan fingerprint density at radius 1 is 1.29 bits per heavy atom. The van der Waals surface area contributed by atoms with Crippen molar-refractivity contribution in [3.05, 3.63) is 33.8 Å². The molecule has 0 radical (unpaired) electrons. The fourth-order valence-corrected chi connectivity index (χ4v) is 2.27. The van der Waals surface area contributed by atoms with Crippen molar-refractivity contribution in [2.45, 2.75) is 11.9 Å². The average Bonchev–Trinajstić information content (AvgIpc) is 2.23. The third kappa shape index (κ3) is 5.45. The number of ether oxygens (including phenoxy) is 1. The lowest BCUT2D eigenvalue weighted by atomic mass is 10.2. The van der Waals surface area contributed by atoms with E-state index in [-0.39, 0.29) is 5.38 Å². The van der Waals surface area contributed by atoms with Crippen LogP contribution in [-0.4, -0.2) is 37.6 Å². The summed E-state index contributed by atoms with van der Waals surface area (Å²) < 4.78 is 4.99. The van der Waals surface area contributed by atoms with Gasteiger partial charge >= 0.3 is 0 Å². The quantitative estimate of drug-likeness (QED) is 0.743. The Morgan fingerprint density at radius 3 is 2.59 bits per heavy atom. The van der Waals surface area contributed by atoms with Crippen molar-refractivity contribution in [1.82, 2.24) is 4.90 Å². The van der Waals surface area contributed by atoms with Crippen LogP contribution in [0.1, 0.15) is 5.56 Å². The molecule has 0 N–H and O–H groups in total. The molecule has 5 heteroatoms. The van der Waals surface area contributed by atoms with Crippen molar-refractivity contribution < 1.29 is 4.74 Å². The first kappa shape index (κ1) is 15.1. The molecule has 0 aliphatic heterocycles. The molecule has 1 rings (SSSR count). The molecule has 1 aromatic rings. The Hall–Kier alpha value is 0.01000. The third-order valence-corrected chi connectivity index (χ3v) is 3.30. The molecule has 0 fully saturated rings. The first-order valence-electron chi connectivity index (χ1n) is 5.28. The van der Waals surface area contributed by atoms with Crippen LogP contribution in [0, 0.1) is 0 Å². The van der Waals surface area contributed by atoms with Gasteiger partial charge in [0.1, 0.15) is 0 Å². The van der Waals surface area contributed by atoms with Gasteiger partial charge in [-0.25, -0.2) is 0 Å². The first-order valence-corrected chi connectivity index (χ1v) is 6.47. The molecule has 0 spiro atoms. The van der Waals surface area contributed by atoms with Crippen LogP contribution in [0.25, 0.3) is 0 Å². The molecule has 0 aliphatic rings. The van der Waals surface area contributed by atoms with Crippen molar-refractivity contribution in [3.63, 3.8) is 0 Å². The third-order valence-electron chi connectivity index (χ3n) is 2.29. The SMILES string of the molecule is COCC(Cl)CN(C)Cc1ccc(Cl)c(Cl)c1. The smallest absolute Gasteiger partial charge is 0.0696 e. The number of alkyl halides is 1. The van der Waals surface area contributed by atoms with Gasteiger partial charge in [0.15, 0.2) is 0 Å². The molecule has 2 nitrogen and oxygen atoms in total. The molecule has 1 atom stereocenters. The number of benzene rings is 1. The summed E-state index contributed by atoms with van der Waals surface area (Å²) >= 11 is 17.9. The highest BCUT2D eigenvalue weighted by molar-refractivity contribution is 6.42. The second-order valence-corrected chi connectivity index (χ2v) is 5.43. The maximum Gasteiger partial charge on any atom is 0.0696 e. The lowest BCUT2D eigenvalue weighted by Crippen LogP contribution is -2.28. The maximum absolute atomic E-state index is 6.08. The molecule has 17 heavy (non-hydrogen) atoms. The highest BCUT2D eigenvalue weighted by Gasteiger charge is 2.09. The summed E-state index contributed by atoms with van der Waals surface area (Å²) in [4.78, 5) is 2.12. The number of rotatable bonds is 6. The molecule has 0 amide bonds. The van der Waals surface area contributed by atoms with Crippen LogP contribution in [0.4, 0.5) is 0 Å². The van der Waals surface area contributed by atoms with Gasteiger partial charge in [0, 0.05) is 20.2 Å². The van der Waals surface area contributed by atoms with E-state index in [0.717, 1.165) is 18.7 Å². The highest BCUT2D eigenvalue weighted by atomic mass is 35.5. The van der Waals surface area contributed by atoms with Crippen LogP contribution in [0.3, 0.4) is 0 Å². The summed E-state index contributed by atoms with van der Waals surface area (Å²) in [6.45, 7) is 2.09. The summed E-state index contributed by atoms with van der Waals surface area (Å²) in [6.07, 6.45) is 0. The van der Waals surface area contributed by atoms with E-state index < -0.39 is 0 Å². The van der Waals surface area contributed by atoms with E-state index in [4.69, 9.17) is 39.5 Å². The monoisotopic (exact) mass is 295 g/mol. The molecular formula is C12H16Cl3NO. The molecule has 0 aromatic heterocycles. The number of hydrogen-bond donors (Lipinski definition) is 0. The standard InChI is InChI=1S/C12H16Cl3NO/c1-16(7-10(13)8-17-2)6-9-3-4-11(14)12(15)5-9/h3-5,10H,6-8H2,1-2H3. The van der Waals surface area contributed by atoms with Gasteiger partial charge in [-0.15, -0.1) is 11.6 Å². The minimum absolute atomic E-state index is 0.00669. The molecule has 0 saturated carbocycles. The molecule has 96 valence electrons. The van der Waals surface area contributed by atoms with Gasteiger partial charge in [0.25, 0.3) is 0 Å². The van der Waals surface area contributed by atoms with Crippen LogP contribution in [0.2, 0.25) is 10.0 Å². The Balaban J connectivity index is 2.50. The molecule has 1 aromatic carbocycles. The molecule has 0 aliphatic carbocycles. The summed E-state index contributed by atoms with van der Waals surface area (Å²) in [7, 11) is 3.65. The summed E-state index contributed by atoms with van der Waals surface area (Å²) in [5.74, 6) is 0. The molecule has 0 heterocycles. The summed E-state index contributed by atoms with van der Waals surface area (Å²) in [6, 6.07) is 5.64. The summed E-state index contributed by atoms with van der Waals surface area (Å²) in [5.41, 5.74) is 1.11. The van der Waals surface area contributed by atoms with Crippen LogP contribution in [0.15, 0.2) is 18.2 Å². The number of methoxy groups -OCH3 is 1. The zero-order valence-corrected chi connectivity index (χ0v) is 12.2. The largest absolute Gasteiger partial charge is 0.383 e. The first-order chi connectivity index (χ1) is 8.02. The summed E-state index contributed by atoms with van der Waals surface area (Å²) in [5, 5.41) is 1.15. The Morgan fingerprint density at radius 2 is 2.00 bits per heavy atom. The van der Waals surface area contributed by atoms with Crippen LogP contribution >= 0.6 is 34.8 Å². The van der Waals surface area contributed by atoms with Crippen LogP contribution in [0.5, 0.6) is 0 Å². The van der Waals surface area contributed by atoms with E-state index in [0.29, 0.717) is 16.7 Å². The zero-order chi connectivity index (χ0) is 12.8. The van der Waals surface area contributed by atoms with Crippen molar-refractivity contribution >= 4 is 34.8 Å². The van der Waals surface area contributed by atoms with E-state index in [1.165, 1.54) is 0 Å². The Bertz CT molecular complexity index is 360. The minimum atomic E-state index is -0.00669. The van der Waals surface area contributed by atoms with E-state index >= 15 is 0 Å². The second-order valence-electron chi connectivity index (χ2n) is 4.00. The lowest BCUT2D eigenvalue weighted by molar-refractivity contribution is 0.181. The van der Waals surface area contributed by atoms with E-state index in [9.17, 15) is 0 Å². The number of hydrogen-bond acceptors (Lipinski definition) is 2. The van der Waals surface area contributed by atoms with Gasteiger partial charge in [-0.1, -0.05) is 29.3 Å². The van der Waals surface area contributed by atoms with Crippen molar-refractivity contribution in [2.24, 2.45) is 0 Å². The fraction of sp³-hybridized carbons (Fsp3) is 0.500. The van der Waals surface area contributed by atoms with Gasteiger partial charge in [0.05, 0.1) is 22.0 Å². The highest BCUT2D eigenvalue weighted by Crippen LogP contribution is 2.23. The lowest BCUT2D eigenvalue weighted by Gasteiger charge is -2.19. The van der Waals surface area contributed by atoms with Gasteiger partial charge < -0.3 is 9.64 Å². The number of halogens is 3. The topological polar surface area (TPSA) is 12.5 Å². The Labute approximate surface area is 117 Å². The molecule has 0 saturated heterocycles. The average molecular weight is 297 g/mol. The molecule has 0 bridgehead atoms. The predicted octanol–water partition coefficient (Wildman–Crippen LogP) is 3.68. The van der Waals surface area contributed by atoms with E-state index in [1.807, 2.05) is 19.2 Å². The Kier molecular flexibility index (Phi) is 6.60. The molecule has 1 unspecified atom stereocenters. The predicted molar refractivity (Wildman–Crippen MR) is 74.3 cm³/mol. The fourth-order valence-electron chi connectivity index (χ4n) is 1.59. The van der Waals surface area contributed by atoms with Crippen molar-refractivity contribution in [1.29, 1.82) is 0 Å². The van der Waals surface area contributed by atoms with Gasteiger partial charge in [0.2, 0.25) is 0 Å². The number of nitrogens with zero attached hydrogens (tertiary/aromatic N) is 1. The maximum atomic E-state index is 6.08. The van der Waals surface area contributed by atoms with Gasteiger partial charge in [-0.2, -0.15) is 0 Å². The van der Waals surface area contributed by atoms with E-state index in [1.54, 1.807) is 13.2 Å². The minimum Gasteiger partial charge on any atom is -0.383 e. The van der Waals surface area contributed by atoms with Gasteiger partial charge in [-0.3, -0.25) is 0 Å². The van der Waals surface area contributed by atoms with E-state index in [2.05, 4.69) is 4.90 Å². The van der Waals surface area contributed by atoms with Crippen molar-refractivity contribution in [2.75, 3.05) is 27.3 Å².